The molecule has 206 valence electrons. The molecule has 3 N–H and O–H groups in total. The van der Waals surface area contributed by atoms with E-state index in [1.165, 1.54) is 7.05 Å². The SMILES string of the molecule is CNC(=O)COc1cc2c3c(n(CCCN4CCOCC4)c(=O)c2cc1CO)-c1cc2c(cc1C3O)OCO2. The molecule has 1 saturated heterocycles. The number of aliphatic hydroxyl groups excluding tert-OH is 2. The Morgan fingerprint density at radius 2 is 1.87 bits per heavy atom. The van der Waals surface area contributed by atoms with Crippen molar-refractivity contribution in [1.82, 2.24) is 14.8 Å². The first kappa shape index (κ1) is 25.6. The minimum atomic E-state index is -1.02. The van der Waals surface area contributed by atoms with Crippen LogP contribution in [0.5, 0.6) is 17.2 Å². The number of pyridine rings is 1. The number of likely N-dealkylation sites (N-methyl/N-ethyl adjacent to an activating group) is 1. The van der Waals surface area contributed by atoms with Gasteiger partial charge in [0, 0.05) is 55.3 Å². The number of nitrogens with zero attached hydrogens (tertiary/aromatic N) is 2. The van der Waals surface area contributed by atoms with Gasteiger partial charge in [-0.15, -0.1) is 0 Å². The van der Waals surface area contributed by atoms with E-state index in [2.05, 4.69) is 10.2 Å². The topological polar surface area (TPSA) is 132 Å². The van der Waals surface area contributed by atoms with E-state index in [1.807, 2.05) is 6.07 Å². The Bertz CT molecular complexity index is 1490. The van der Waals surface area contributed by atoms with Crippen LogP contribution in [-0.4, -0.2) is 78.9 Å². The molecule has 6 rings (SSSR count). The molecule has 1 atom stereocenters. The molecule has 0 bridgehead atoms. The standard InChI is InChI=1S/C28H31N3O8/c1-29-24(33)14-37-21-10-17-20(9-16(21)13-32)28(35)31(4-2-3-30-5-7-36-8-6-30)26-18-11-22-23(39-15-38-22)12-19(18)27(34)25(17)26/h9-12,27,32,34H,2-8,13-15H2,1H3,(H,29,33). The van der Waals surface area contributed by atoms with E-state index in [-0.39, 0.29) is 37.2 Å². The van der Waals surface area contributed by atoms with Gasteiger partial charge in [0.1, 0.15) is 11.9 Å². The fourth-order valence-electron chi connectivity index (χ4n) is 5.62. The highest BCUT2D eigenvalue weighted by Gasteiger charge is 2.35. The molecule has 39 heavy (non-hydrogen) atoms. The zero-order valence-corrected chi connectivity index (χ0v) is 21.7. The maximum absolute atomic E-state index is 14.0. The highest BCUT2D eigenvalue weighted by molar-refractivity contribution is 5.96. The average molecular weight is 538 g/mol. The van der Waals surface area contributed by atoms with Crippen molar-refractivity contribution in [1.29, 1.82) is 0 Å². The molecule has 11 heteroatoms. The summed E-state index contributed by atoms with van der Waals surface area (Å²) in [6, 6.07) is 6.82. The van der Waals surface area contributed by atoms with Crippen molar-refractivity contribution in [2.24, 2.45) is 0 Å². The van der Waals surface area contributed by atoms with E-state index >= 15 is 0 Å². The molecule has 0 saturated carbocycles. The summed E-state index contributed by atoms with van der Waals surface area (Å²) in [5.41, 5.74) is 2.70. The predicted molar refractivity (Wildman–Crippen MR) is 141 cm³/mol. The number of amides is 1. The van der Waals surface area contributed by atoms with Crippen LogP contribution in [0.1, 0.15) is 29.2 Å². The summed E-state index contributed by atoms with van der Waals surface area (Å²) in [4.78, 5) is 28.2. The third-order valence-corrected chi connectivity index (χ3v) is 7.63. The average Bonchev–Trinajstić information content (AvgIpc) is 3.54. The molecule has 11 nitrogen and oxygen atoms in total. The summed E-state index contributed by atoms with van der Waals surface area (Å²) in [5.74, 6) is 1.05. The van der Waals surface area contributed by atoms with E-state index < -0.39 is 6.10 Å². The number of hydrogen-bond acceptors (Lipinski definition) is 9. The maximum atomic E-state index is 14.0. The maximum Gasteiger partial charge on any atom is 0.258 e. The molecule has 0 radical (unpaired) electrons. The minimum Gasteiger partial charge on any atom is -0.483 e. The molecule has 1 aliphatic carbocycles. The van der Waals surface area contributed by atoms with E-state index in [4.69, 9.17) is 18.9 Å². The number of ether oxygens (including phenoxy) is 4. The van der Waals surface area contributed by atoms with Crippen LogP contribution in [0.15, 0.2) is 29.1 Å². The first-order valence-electron chi connectivity index (χ1n) is 13.1. The third kappa shape index (κ3) is 4.51. The number of fused-ring (bicyclic) bond motifs is 6. The largest absolute Gasteiger partial charge is 0.483 e. The van der Waals surface area contributed by atoms with E-state index in [1.54, 1.807) is 22.8 Å². The van der Waals surface area contributed by atoms with Crippen LogP contribution in [0.2, 0.25) is 0 Å². The van der Waals surface area contributed by atoms with Gasteiger partial charge in [-0.05, 0) is 41.6 Å². The van der Waals surface area contributed by atoms with Crippen LogP contribution in [0.25, 0.3) is 22.0 Å². The Morgan fingerprint density at radius 3 is 2.62 bits per heavy atom. The van der Waals surface area contributed by atoms with Gasteiger partial charge >= 0.3 is 0 Å². The van der Waals surface area contributed by atoms with Crippen LogP contribution in [-0.2, 0) is 22.7 Å². The lowest BCUT2D eigenvalue weighted by Gasteiger charge is -2.27. The lowest BCUT2D eigenvalue weighted by Crippen LogP contribution is -2.37. The van der Waals surface area contributed by atoms with Gasteiger partial charge in [-0.3, -0.25) is 14.5 Å². The molecule has 1 fully saturated rings. The van der Waals surface area contributed by atoms with Gasteiger partial charge < -0.3 is 39.0 Å². The van der Waals surface area contributed by atoms with Gasteiger partial charge in [-0.1, -0.05) is 0 Å². The second-order valence-electron chi connectivity index (χ2n) is 9.85. The summed E-state index contributed by atoms with van der Waals surface area (Å²) < 4.78 is 24.0. The summed E-state index contributed by atoms with van der Waals surface area (Å²) in [7, 11) is 1.51. The van der Waals surface area contributed by atoms with E-state index in [0.717, 1.165) is 26.1 Å². The number of aromatic nitrogens is 1. The monoisotopic (exact) mass is 537 g/mol. The first-order valence-corrected chi connectivity index (χ1v) is 13.1. The van der Waals surface area contributed by atoms with Gasteiger partial charge in [-0.2, -0.15) is 0 Å². The molecule has 3 heterocycles. The second kappa shape index (κ2) is 10.5. The lowest BCUT2D eigenvalue weighted by molar-refractivity contribution is -0.122. The second-order valence-corrected chi connectivity index (χ2v) is 9.85. The number of aliphatic hydroxyl groups is 2. The third-order valence-electron chi connectivity index (χ3n) is 7.63. The van der Waals surface area contributed by atoms with Crippen LogP contribution in [0.3, 0.4) is 0 Å². The fraction of sp³-hybridized carbons (Fsp3) is 0.429. The van der Waals surface area contributed by atoms with E-state index in [9.17, 15) is 19.8 Å². The van der Waals surface area contributed by atoms with Crippen molar-refractivity contribution < 1.29 is 34.0 Å². The van der Waals surface area contributed by atoms with Gasteiger partial charge in [0.05, 0.1) is 25.5 Å². The molecule has 3 aromatic rings. The lowest BCUT2D eigenvalue weighted by atomic mass is 9.99. The Hall–Kier alpha value is -3.64. The van der Waals surface area contributed by atoms with Crippen LogP contribution >= 0.6 is 0 Å². The number of benzene rings is 2. The number of carbonyl (C=O) groups excluding carboxylic acids is 1. The van der Waals surface area contributed by atoms with Gasteiger partial charge in [0.15, 0.2) is 18.1 Å². The first-order chi connectivity index (χ1) is 19.0. The summed E-state index contributed by atoms with van der Waals surface area (Å²) in [5, 5.41) is 25.0. The molecular weight excluding hydrogens is 506 g/mol. The molecular formula is C28H31N3O8. The summed E-state index contributed by atoms with van der Waals surface area (Å²) >= 11 is 0. The van der Waals surface area contributed by atoms with Crippen molar-refractivity contribution in [2.45, 2.75) is 25.7 Å². The fourth-order valence-corrected chi connectivity index (χ4v) is 5.62. The smallest absolute Gasteiger partial charge is 0.258 e. The molecule has 1 unspecified atom stereocenters. The highest BCUT2D eigenvalue weighted by atomic mass is 16.7. The Kier molecular flexibility index (Phi) is 6.90. The summed E-state index contributed by atoms with van der Waals surface area (Å²) in [6.07, 6.45) is -0.293. The Labute approximate surface area is 224 Å². The van der Waals surface area contributed by atoms with Crippen LogP contribution in [0.4, 0.5) is 0 Å². The Morgan fingerprint density at radius 1 is 1.10 bits per heavy atom. The van der Waals surface area contributed by atoms with Crippen molar-refractivity contribution >= 4 is 16.7 Å². The zero-order chi connectivity index (χ0) is 27.1. The van der Waals surface area contributed by atoms with Gasteiger partial charge in [-0.25, -0.2) is 0 Å². The number of carbonyl (C=O) groups is 1. The predicted octanol–water partition coefficient (Wildman–Crippen LogP) is 1.13. The number of nitrogens with one attached hydrogen (secondary N) is 1. The van der Waals surface area contributed by atoms with Crippen LogP contribution in [0, 0.1) is 0 Å². The normalized spacial score (nSPS) is 17.8. The van der Waals surface area contributed by atoms with Gasteiger partial charge in [0.2, 0.25) is 6.79 Å². The minimum absolute atomic E-state index is 0.0984. The van der Waals surface area contributed by atoms with E-state index in [0.29, 0.717) is 70.0 Å². The molecule has 2 aromatic carbocycles. The molecule has 3 aliphatic rings. The van der Waals surface area contributed by atoms with Crippen molar-refractivity contribution in [2.75, 3.05) is 53.3 Å². The van der Waals surface area contributed by atoms with Crippen molar-refractivity contribution in [3.05, 3.63) is 51.3 Å². The number of hydrogen-bond donors (Lipinski definition) is 3. The quantitative estimate of drug-likeness (QED) is 0.387. The van der Waals surface area contributed by atoms with Crippen molar-refractivity contribution in [3.63, 3.8) is 0 Å². The molecule has 2 aliphatic heterocycles. The zero-order valence-electron chi connectivity index (χ0n) is 21.7. The Balaban J connectivity index is 1.49. The van der Waals surface area contributed by atoms with Gasteiger partial charge in [0.25, 0.3) is 11.5 Å². The molecule has 0 spiro atoms. The molecule has 1 amide bonds. The van der Waals surface area contributed by atoms with Crippen molar-refractivity contribution in [3.8, 4) is 28.5 Å². The number of rotatable bonds is 8. The number of morpholine rings is 1. The van der Waals surface area contributed by atoms with Crippen LogP contribution < -0.4 is 25.1 Å². The molecule has 1 aromatic heterocycles. The summed E-state index contributed by atoms with van der Waals surface area (Å²) in [6.45, 7) is 3.84. The highest BCUT2D eigenvalue weighted by Crippen LogP contribution is 2.50.